The first-order valence-electron chi connectivity index (χ1n) is 5.56. The SMILES string of the molecule is C[Si](C)(C)c1cc2ccccc2n1OC(F)(F)F. The number of hydrogen-bond donors (Lipinski definition) is 0. The minimum atomic E-state index is -4.68. The zero-order valence-corrected chi connectivity index (χ0v) is 11.4. The van der Waals surface area contributed by atoms with Crippen LogP contribution < -0.4 is 10.2 Å². The molecule has 0 spiro atoms. The molecule has 0 aliphatic rings. The van der Waals surface area contributed by atoms with Crippen LogP contribution in [0.15, 0.2) is 30.3 Å². The van der Waals surface area contributed by atoms with Gasteiger partial charge in [-0.25, -0.2) is 0 Å². The Hall–Kier alpha value is -1.43. The van der Waals surface area contributed by atoms with Gasteiger partial charge in [-0.1, -0.05) is 37.8 Å². The molecule has 0 saturated heterocycles. The maximum absolute atomic E-state index is 12.5. The summed E-state index contributed by atoms with van der Waals surface area (Å²) >= 11 is 0. The van der Waals surface area contributed by atoms with Crippen molar-refractivity contribution in [3.8, 4) is 0 Å². The summed E-state index contributed by atoms with van der Waals surface area (Å²) in [6.45, 7) is 5.95. The standard InChI is InChI=1S/C12H14F3NOSi/c1-18(2,3)11-8-9-6-4-5-7-10(9)16(11)17-12(13,14)15/h4-8H,1-3H3. The number of nitrogens with zero attached hydrogens (tertiary/aromatic N) is 1. The second kappa shape index (κ2) is 4.05. The average Bonchev–Trinajstić information content (AvgIpc) is 2.55. The number of rotatable bonds is 2. The summed E-state index contributed by atoms with van der Waals surface area (Å²) in [6.07, 6.45) is -4.68. The predicted octanol–water partition coefficient (Wildman–Crippen LogP) is 3.13. The fourth-order valence-electron chi connectivity index (χ4n) is 1.85. The third kappa shape index (κ3) is 2.53. The number of para-hydroxylation sites is 1. The van der Waals surface area contributed by atoms with Gasteiger partial charge in [-0.3, -0.25) is 0 Å². The van der Waals surface area contributed by atoms with Crippen molar-refractivity contribution in [1.82, 2.24) is 4.73 Å². The lowest BCUT2D eigenvalue weighted by molar-refractivity contribution is -0.319. The Morgan fingerprint density at radius 2 is 1.72 bits per heavy atom. The maximum Gasteiger partial charge on any atom is 0.591 e. The zero-order valence-electron chi connectivity index (χ0n) is 10.4. The number of benzene rings is 1. The molecule has 0 saturated carbocycles. The zero-order chi connectivity index (χ0) is 13.6. The van der Waals surface area contributed by atoms with E-state index in [0.717, 1.165) is 10.1 Å². The maximum atomic E-state index is 12.5. The highest BCUT2D eigenvalue weighted by Gasteiger charge is 2.35. The van der Waals surface area contributed by atoms with Crippen molar-refractivity contribution in [3.05, 3.63) is 30.3 Å². The van der Waals surface area contributed by atoms with Crippen LogP contribution in [-0.2, 0) is 0 Å². The molecule has 0 radical (unpaired) electrons. The van der Waals surface area contributed by atoms with Gasteiger partial charge in [-0.2, -0.15) is 4.73 Å². The highest BCUT2D eigenvalue weighted by molar-refractivity contribution is 6.88. The van der Waals surface area contributed by atoms with E-state index >= 15 is 0 Å². The molecule has 0 atom stereocenters. The van der Waals surface area contributed by atoms with Crippen molar-refractivity contribution in [2.24, 2.45) is 0 Å². The quantitative estimate of drug-likeness (QED) is 0.767. The fraction of sp³-hybridized carbons (Fsp3) is 0.333. The minimum Gasteiger partial charge on any atom is -0.313 e. The lowest BCUT2D eigenvalue weighted by atomic mass is 10.3. The van der Waals surface area contributed by atoms with Gasteiger partial charge < -0.3 is 4.84 Å². The van der Waals surface area contributed by atoms with E-state index in [1.54, 1.807) is 30.3 Å². The molecule has 98 valence electrons. The first-order valence-corrected chi connectivity index (χ1v) is 9.06. The number of fused-ring (bicyclic) bond motifs is 1. The van der Waals surface area contributed by atoms with E-state index in [1.807, 2.05) is 19.6 Å². The number of aromatic nitrogens is 1. The van der Waals surface area contributed by atoms with Crippen LogP contribution in [0.3, 0.4) is 0 Å². The lowest BCUT2D eigenvalue weighted by Crippen LogP contribution is -2.46. The van der Waals surface area contributed by atoms with E-state index in [2.05, 4.69) is 4.84 Å². The molecule has 2 aromatic rings. The molecule has 6 heteroatoms. The topological polar surface area (TPSA) is 14.2 Å². The van der Waals surface area contributed by atoms with Crippen LogP contribution in [-0.4, -0.2) is 19.2 Å². The van der Waals surface area contributed by atoms with Gasteiger partial charge in [0.25, 0.3) is 0 Å². The van der Waals surface area contributed by atoms with Crippen LogP contribution in [0.4, 0.5) is 13.2 Å². The summed E-state index contributed by atoms with van der Waals surface area (Å²) in [6, 6.07) is 8.70. The molecule has 0 aliphatic heterocycles. The molecule has 2 rings (SSSR count). The molecule has 1 aromatic carbocycles. The van der Waals surface area contributed by atoms with Crippen molar-refractivity contribution in [2.75, 3.05) is 0 Å². The molecule has 0 amide bonds. The molecular weight excluding hydrogens is 259 g/mol. The summed E-state index contributed by atoms with van der Waals surface area (Å²) in [5, 5.41) is 1.39. The van der Waals surface area contributed by atoms with Crippen LogP contribution in [0.1, 0.15) is 0 Å². The van der Waals surface area contributed by atoms with Gasteiger partial charge in [0.2, 0.25) is 0 Å². The van der Waals surface area contributed by atoms with Crippen LogP contribution >= 0.6 is 0 Å². The Bertz CT molecular complexity index is 569. The highest BCUT2D eigenvalue weighted by atomic mass is 28.3. The van der Waals surface area contributed by atoms with Gasteiger partial charge in [-0.05, 0) is 12.1 Å². The van der Waals surface area contributed by atoms with Gasteiger partial charge in [0, 0.05) is 10.7 Å². The van der Waals surface area contributed by atoms with E-state index in [9.17, 15) is 13.2 Å². The molecule has 0 unspecified atom stereocenters. The van der Waals surface area contributed by atoms with E-state index in [0.29, 0.717) is 10.8 Å². The van der Waals surface area contributed by atoms with E-state index < -0.39 is 14.4 Å². The monoisotopic (exact) mass is 273 g/mol. The average molecular weight is 273 g/mol. The third-order valence-corrected chi connectivity index (χ3v) is 4.51. The van der Waals surface area contributed by atoms with Crippen LogP contribution in [0, 0.1) is 0 Å². The fourth-order valence-corrected chi connectivity index (χ4v) is 3.22. The van der Waals surface area contributed by atoms with Crippen LogP contribution in [0.25, 0.3) is 10.9 Å². The van der Waals surface area contributed by atoms with E-state index in [4.69, 9.17) is 0 Å². The first kappa shape index (κ1) is 13.0. The smallest absolute Gasteiger partial charge is 0.313 e. The third-order valence-electron chi connectivity index (χ3n) is 2.63. The predicted molar refractivity (Wildman–Crippen MR) is 67.6 cm³/mol. The lowest BCUT2D eigenvalue weighted by Gasteiger charge is -2.20. The molecule has 1 heterocycles. The number of halogens is 3. The molecule has 0 aliphatic carbocycles. The Kier molecular flexibility index (Phi) is 2.93. The minimum absolute atomic E-state index is 0.451. The largest absolute Gasteiger partial charge is 0.591 e. The summed E-state index contributed by atoms with van der Waals surface area (Å²) in [5.74, 6) is 0. The van der Waals surface area contributed by atoms with Gasteiger partial charge in [0.1, 0.15) is 8.07 Å². The summed E-state index contributed by atoms with van der Waals surface area (Å²) in [5.41, 5.74) is 0.451. The molecule has 18 heavy (non-hydrogen) atoms. The van der Waals surface area contributed by atoms with E-state index in [1.165, 1.54) is 0 Å². The Balaban J connectivity index is 2.66. The van der Waals surface area contributed by atoms with Gasteiger partial charge in [0.15, 0.2) is 0 Å². The molecule has 0 bridgehead atoms. The summed E-state index contributed by atoms with van der Waals surface area (Å²) < 4.78 is 38.4. The van der Waals surface area contributed by atoms with Crippen molar-refractivity contribution < 1.29 is 18.0 Å². The molecule has 2 nitrogen and oxygen atoms in total. The molecule has 0 fully saturated rings. The number of alkyl halides is 3. The normalized spacial score (nSPS) is 13.0. The summed E-state index contributed by atoms with van der Waals surface area (Å²) in [4.78, 5) is 4.16. The van der Waals surface area contributed by atoms with Crippen LogP contribution in [0.2, 0.25) is 19.6 Å². The Labute approximate surface area is 104 Å². The highest BCUT2D eigenvalue weighted by Crippen LogP contribution is 2.20. The molecular formula is C12H14F3NOSi. The van der Waals surface area contributed by atoms with Gasteiger partial charge >= 0.3 is 6.36 Å². The van der Waals surface area contributed by atoms with Crippen molar-refractivity contribution in [1.29, 1.82) is 0 Å². The summed E-state index contributed by atoms with van der Waals surface area (Å²) in [7, 11) is -1.92. The van der Waals surface area contributed by atoms with Gasteiger partial charge in [-0.15, -0.1) is 13.2 Å². The van der Waals surface area contributed by atoms with Crippen molar-refractivity contribution >= 4 is 24.3 Å². The first-order chi connectivity index (χ1) is 8.18. The Morgan fingerprint density at radius 1 is 1.11 bits per heavy atom. The second-order valence-electron chi connectivity index (χ2n) is 5.17. The molecule has 1 aromatic heterocycles. The van der Waals surface area contributed by atoms with Crippen molar-refractivity contribution in [3.63, 3.8) is 0 Å². The number of hydrogen-bond acceptors (Lipinski definition) is 1. The Morgan fingerprint density at radius 3 is 2.28 bits per heavy atom. The second-order valence-corrected chi connectivity index (χ2v) is 10.2. The van der Waals surface area contributed by atoms with Gasteiger partial charge in [0.05, 0.1) is 5.52 Å². The van der Waals surface area contributed by atoms with Crippen LogP contribution in [0.5, 0.6) is 0 Å². The van der Waals surface area contributed by atoms with Crippen molar-refractivity contribution in [2.45, 2.75) is 26.0 Å². The van der Waals surface area contributed by atoms with E-state index in [-0.39, 0.29) is 0 Å². The molecule has 0 N–H and O–H groups in total.